The minimum absolute atomic E-state index is 0. The van der Waals surface area contributed by atoms with Gasteiger partial charge in [0.1, 0.15) is 0 Å². The van der Waals surface area contributed by atoms with Crippen LogP contribution in [-0.4, -0.2) is 5.54 Å². The molecule has 0 radical (unpaired) electrons. The molecule has 9 heavy (non-hydrogen) atoms. The molecule has 0 N–H and O–H groups in total. The Morgan fingerprint density at radius 2 is 1.11 bits per heavy atom. The smallest absolute Gasteiger partial charge is 0.147 e. The molecular formula is C4H12Cl3NTa. The summed E-state index contributed by atoms with van der Waals surface area (Å²) < 4.78 is 4.13. The number of rotatable bonds is 0. The Labute approximate surface area is 87.4 Å². The maximum absolute atomic E-state index is 4.13. The fourth-order valence-electron chi connectivity index (χ4n) is 0. The van der Waals surface area contributed by atoms with Crippen LogP contribution in [0.25, 0.3) is 0 Å². The predicted octanol–water partition coefficient (Wildman–Crippen LogP) is 2.78. The number of hydrogen-bond acceptors (Lipinski definition) is 1. The van der Waals surface area contributed by atoms with Gasteiger partial charge in [-0.25, -0.2) is 0 Å². The molecule has 0 bridgehead atoms. The molecule has 5 heteroatoms. The van der Waals surface area contributed by atoms with Gasteiger partial charge in [0.15, 0.2) is 0 Å². The fourth-order valence-corrected chi connectivity index (χ4v) is 0. The predicted molar refractivity (Wildman–Crippen MR) is 43.9 cm³/mol. The Bertz CT molecular complexity index is 61.3. The number of halogens is 3. The number of nitrogens with zero attached hydrogens (tertiary/aromatic N) is 1. The Morgan fingerprint density at radius 3 is 1.11 bits per heavy atom. The SMILES string of the molecule is CC(C)(C)[N]=[Ta].Cl.Cl.Cl. The summed E-state index contributed by atoms with van der Waals surface area (Å²) in [6, 6.07) is 0. The first-order valence-corrected chi connectivity index (χ1v) is 3.36. The van der Waals surface area contributed by atoms with E-state index in [1.807, 2.05) is 0 Å². The molecule has 0 aromatic heterocycles. The summed E-state index contributed by atoms with van der Waals surface area (Å²) in [6.45, 7) is 6.31. The second kappa shape index (κ2) is 9.41. The van der Waals surface area contributed by atoms with Gasteiger partial charge in [-0.15, -0.1) is 37.2 Å². The Hall–Kier alpha value is 1.41. The van der Waals surface area contributed by atoms with Crippen LogP contribution in [-0.2, 0) is 20.9 Å². The maximum Gasteiger partial charge on any atom is -0.147 e. The fraction of sp³-hybridized carbons (Fsp3) is 1.00. The van der Waals surface area contributed by atoms with E-state index < -0.39 is 0 Å². The van der Waals surface area contributed by atoms with Crippen molar-refractivity contribution in [2.75, 3.05) is 0 Å². The van der Waals surface area contributed by atoms with E-state index in [1.165, 1.54) is 0 Å². The third-order valence-electron chi connectivity index (χ3n) is 0.300. The molecule has 0 heterocycles. The molecule has 0 aromatic rings. The molecule has 0 saturated heterocycles. The van der Waals surface area contributed by atoms with Crippen molar-refractivity contribution in [2.24, 2.45) is 3.34 Å². The molecule has 0 unspecified atom stereocenters. The van der Waals surface area contributed by atoms with Crippen molar-refractivity contribution >= 4 is 37.2 Å². The van der Waals surface area contributed by atoms with Gasteiger partial charge in [0.05, 0.1) is 0 Å². The first-order chi connectivity index (χ1) is 2.56. The van der Waals surface area contributed by atoms with E-state index in [4.69, 9.17) is 0 Å². The van der Waals surface area contributed by atoms with Crippen LogP contribution in [0.1, 0.15) is 20.8 Å². The van der Waals surface area contributed by atoms with Gasteiger partial charge < -0.3 is 0 Å². The summed E-state index contributed by atoms with van der Waals surface area (Å²) in [4.78, 5) is 0. The van der Waals surface area contributed by atoms with Crippen LogP contribution in [0, 0.1) is 0 Å². The van der Waals surface area contributed by atoms with Crippen LogP contribution >= 0.6 is 37.2 Å². The van der Waals surface area contributed by atoms with E-state index in [2.05, 4.69) is 24.1 Å². The minimum Gasteiger partial charge on any atom is -0.147 e. The molecule has 59 valence electrons. The van der Waals surface area contributed by atoms with Crippen LogP contribution in [0.5, 0.6) is 0 Å². The van der Waals surface area contributed by atoms with E-state index in [1.54, 1.807) is 0 Å². The summed E-state index contributed by atoms with van der Waals surface area (Å²) in [5.41, 5.74) is 0.216. The summed E-state index contributed by atoms with van der Waals surface area (Å²) in [5, 5.41) is 0. The Morgan fingerprint density at radius 1 is 1.00 bits per heavy atom. The molecule has 0 aliphatic rings. The maximum atomic E-state index is 4.13. The zero-order valence-electron chi connectivity index (χ0n) is 5.62. The van der Waals surface area contributed by atoms with Crippen molar-refractivity contribution < 1.29 is 20.9 Å². The van der Waals surface area contributed by atoms with Gasteiger partial charge >= 0.3 is 50.5 Å². The van der Waals surface area contributed by atoms with Crippen molar-refractivity contribution in [1.29, 1.82) is 0 Å². The first-order valence-electron chi connectivity index (χ1n) is 1.92. The zero-order valence-corrected chi connectivity index (χ0v) is 11.3. The minimum atomic E-state index is 0. The molecule has 0 amide bonds. The average molecular weight is 361 g/mol. The summed E-state index contributed by atoms with van der Waals surface area (Å²) in [5.74, 6) is 0. The van der Waals surface area contributed by atoms with Gasteiger partial charge in [0.2, 0.25) is 0 Å². The monoisotopic (exact) mass is 360 g/mol. The molecule has 1 nitrogen and oxygen atoms in total. The molecular weight excluding hydrogens is 349 g/mol. The standard InChI is InChI=1S/C4H9N.3ClH.Ta/c1-4(2,3)5;;;;/h1-3H3;3*1H;. The van der Waals surface area contributed by atoms with E-state index >= 15 is 0 Å². The second-order valence-corrected chi connectivity index (χ2v) is 2.99. The molecule has 0 atom stereocenters. The van der Waals surface area contributed by atoms with Crippen molar-refractivity contribution in [1.82, 2.24) is 0 Å². The van der Waals surface area contributed by atoms with Gasteiger partial charge in [-0.2, -0.15) is 0 Å². The molecule has 0 saturated carbocycles. The Kier molecular flexibility index (Phi) is 23.5. The van der Waals surface area contributed by atoms with E-state index in [0.29, 0.717) is 0 Å². The zero-order chi connectivity index (χ0) is 5.21. The van der Waals surface area contributed by atoms with E-state index in [9.17, 15) is 0 Å². The Balaban J connectivity index is -0.0000000417. The van der Waals surface area contributed by atoms with Gasteiger partial charge in [-0.1, -0.05) is 0 Å². The first kappa shape index (κ1) is 22.4. The van der Waals surface area contributed by atoms with Crippen LogP contribution in [0.2, 0.25) is 0 Å². The van der Waals surface area contributed by atoms with Crippen molar-refractivity contribution in [3.05, 3.63) is 0 Å². The number of hydrogen-bond donors (Lipinski definition) is 0. The topological polar surface area (TPSA) is 12.4 Å². The molecule has 0 aliphatic carbocycles. The van der Waals surface area contributed by atoms with Crippen molar-refractivity contribution in [3.8, 4) is 0 Å². The normalized spacial score (nSPS) is 7.33. The van der Waals surface area contributed by atoms with Crippen LogP contribution in [0.4, 0.5) is 0 Å². The molecule has 0 spiro atoms. The third-order valence-corrected chi connectivity index (χ3v) is 2.46. The van der Waals surface area contributed by atoms with Crippen LogP contribution in [0.15, 0.2) is 3.34 Å². The molecule has 0 aromatic carbocycles. The van der Waals surface area contributed by atoms with Gasteiger partial charge in [-0.3, -0.25) is 0 Å². The molecule has 0 rings (SSSR count). The van der Waals surface area contributed by atoms with E-state index in [-0.39, 0.29) is 42.8 Å². The summed E-state index contributed by atoms with van der Waals surface area (Å²) in [6.07, 6.45) is 0. The summed E-state index contributed by atoms with van der Waals surface area (Å²) in [7, 11) is 0. The van der Waals surface area contributed by atoms with Gasteiger partial charge in [-0.05, 0) is 0 Å². The molecule has 0 aliphatic heterocycles. The quantitative estimate of drug-likeness (QED) is 0.629. The van der Waals surface area contributed by atoms with E-state index in [0.717, 1.165) is 20.9 Å². The third kappa shape index (κ3) is 26.6. The second-order valence-electron chi connectivity index (χ2n) is 2.27. The van der Waals surface area contributed by atoms with Crippen molar-refractivity contribution in [2.45, 2.75) is 26.3 Å². The largest absolute Gasteiger partial charge is 0.147 e. The van der Waals surface area contributed by atoms with Crippen LogP contribution < -0.4 is 0 Å². The average Bonchev–Trinajstić information content (AvgIpc) is 1.35. The van der Waals surface area contributed by atoms with Gasteiger partial charge in [0, 0.05) is 0 Å². The summed E-state index contributed by atoms with van der Waals surface area (Å²) >= 11 is 1.15. The molecule has 0 fully saturated rings. The van der Waals surface area contributed by atoms with Crippen LogP contribution in [0.3, 0.4) is 0 Å². The van der Waals surface area contributed by atoms with Gasteiger partial charge in [0.25, 0.3) is 0 Å². The van der Waals surface area contributed by atoms with Crippen molar-refractivity contribution in [3.63, 3.8) is 0 Å².